The molecule has 0 bridgehead atoms. The van der Waals surface area contributed by atoms with Gasteiger partial charge in [0.1, 0.15) is 5.75 Å². The van der Waals surface area contributed by atoms with Crippen LogP contribution in [0, 0.1) is 0 Å². The summed E-state index contributed by atoms with van der Waals surface area (Å²) in [6, 6.07) is 7.61. The normalized spacial score (nSPS) is 8.64. The highest BCUT2D eigenvalue weighted by Gasteiger charge is 1.99. The average molecular weight is 216 g/mol. The number of hydrogen-bond acceptors (Lipinski definition) is 2. The van der Waals surface area contributed by atoms with Gasteiger partial charge in [-0.1, -0.05) is 18.2 Å². The highest BCUT2D eigenvalue weighted by atomic mass is 35.5. The molecule has 1 rings (SSSR count). The van der Waals surface area contributed by atoms with Gasteiger partial charge < -0.3 is 16.2 Å². The third kappa shape index (κ3) is 3.53. The molecule has 4 N–H and O–H groups in total. The molecule has 0 atom stereocenters. The van der Waals surface area contributed by atoms with E-state index in [9.17, 15) is 0 Å². The lowest BCUT2D eigenvalue weighted by molar-refractivity contribution is 0.410. The number of hydrogen-bond donors (Lipinski definition) is 2. The fourth-order valence-corrected chi connectivity index (χ4v) is 1.01. The highest BCUT2D eigenvalue weighted by Crippen LogP contribution is 2.17. The Hall–Kier alpha value is -1.42. The smallest absolute Gasteiger partial charge is 0.186 e. The van der Waals surface area contributed by atoms with Crippen molar-refractivity contribution < 1.29 is 4.74 Å². The van der Waals surface area contributed by atoms with E-state index >= 15 is 0 Å². The van der Waals surface area contributed by atoms with Crippen molar-refractivity contribution in [1.82, 2.24) is 0 Å². The van der Waals surface area contributed by atoms with Gasteiger partial charge in [-0.3, -0.25) is 0 Å². The fraction of sp³-hybridized carbons (Fsp3) is 0.222. The van der Waals surface area contributed by atoms with Gasteiger partial charge in [0.2, 0.25) is 0 Å². The molecule has 5 heteroatoms. The summed E-state index contributed by atoms with van der Waals surface area (Å²) >= 11 is 0. The molecule has 0 saturated carbocycles. The lowest BCUT2D eigenvalue weighted by Crippen LogP contribution is -2.22. The van der Waals surface area contributed by atoms with E-state index in [1.165, 1.54) is 0 Å². The summed E-state index contributed by atoms with van der Waals surface area (Å²) in [6.07, 6.45) is 0. The zero-order chi connectivity index (χ0) is 9.68. The van der Waals surface area contributed by atoms with Crippen LogP contribution in [0.1, 0.15) is 5.56 Å². The number of rotatable bonds is 3. The minimum absolute atomic E-state index is 0. The lowest BCUT2D eigenvalue weighted by atomic mass is 10.2. The quantitative estimate of drug-likeness (QED) is 0.581. The first kappa shape index (κ1) is 12.6. The van der Waals surface area contributed by atoms with E-state index in [1.807, 2.05) is 24.3 Å². The van der Waals surface area contributed by atoms with Crippen LogP contribution in [-0.2, 0) is 6.54 Å². The number of para-hydroxylation sites is 1. The predicted octanol–water partition coefficient (Wildman–Crippen LogP) is 0.890. The Kier molecular flexibility index (Phi) is 5.48. The van der Waals surface area contributed by atoms with Gasteiger partial charge in [-0.15, -0.1) is 12.4 Å². The van der Waals surface area contributed by atoms with Crippen LogP contribution in [0.3, 0.4) is 0 Å². The summed E-state index contributed by atoms with van der Waals surface area (Å²) in [6.45, 7) is 0.451. The Morgan fingerprint density at radius 2 is 2.00 bits per heavy atom. The predicted molar refractivity (Wildman–Crippen MR) is 59.8 cm³/mol. The van der Waals surface area contributed by atoms with E-state index in [0.717, 1.165) is 11.3 Å². The molecule has 0 aliphatic rings. The first-order valence-electron chi connectivity index (χ1n) is 3.91. The summed E-state index contributed by atoms with van der Waals surface area (Å²) in [5.74, 6) is 0.887. The number of aliphatic imine (C=N–C) groups is 1. The third-order valence-corrected chi connectivity index (χ3v) is 1.62. The molecular weight excluding hydrogens is 202 g/mol. The van der Waals surface area contributed by atoms with Gasteiger partial charge in [0.15, 0.2) is 5.96 Å². The van der Waals surface area contributed by atoms with Crippen LogP contribution < -0.4 is 16.2 Å². The molecule has 0 saturated heterocycles. The standard InChI is InChI=1S/C9H13N3O.ClH/c1-13-8-5-3-2-4-7(8)6-12-9(10)11;/h2-5H,6H2,1H3,(H4,10,11,12);1H. The van der Waals surface area contributed by atoms with E-state index in [0.29, 0.717) is 6.54 Å². The molecule has 0 amide bonds. The van der Waals surface area contributed by atoms with E-state index in [2.05, 4.69) is 4.99 Å². The second kappa shape index (κ2) is 6.10. The van der Waals surface area contributed by atoms with Crippen LogP contribution in [0.15, 0.2) is 29.3 Å². The molecule has 0 aromatic heterocycles. The highest BCUT2D eigenvalue weighted by molar-refractivity contribution is 5.85. The molecule has 4 nitrogen and oxygen atoms in total. The van der Waals surface area contributed by atoms with Crippen molar-refractivity contribution in [3.05, 3.63) is 29.8 Å². The van der Waals surface area contributed by atoms with Crippen LogP contribution >= 0.6 is 12.4 Å². The summed E-state index contributed by atoms with van der Waals surface area (Å²) in [4.78, 5) is 3.90. The summed E-state index contributed by atoms with van der Waals surface area (Å²) in [7, 11) is 1.62. The zero-order valence-corrected chi connectivity index (χ0v) is 8.75. The Balaban J connectivity index is 0.00000169. The number of halogens is 1. The fourth-order valence-electron chi connectivity index (χ4n) is 1.01. The molecule has 0 aliphatic carbocycles. The number of ether oxygens (including phenoxy) is 1. The van der Waals surface area contributed by atoms with Gasteiger partial charge >= 0.3 is 0 Å². The molecule has 0 heterocycles. The number of methoxy groups -OCH3 is 1. The monoisotopic (exact) mass is 215 g/mol. The average Bonchev–Trinajstić information content (AvgIpc) is 2.15. The Morgan fingerprint density at radius 3 is 2.57 bits per heavy atom. The minimum Gasteiger partial charge on any atom is -0.496 e. The minimum atomic E-state index is 0. The maximum absolute atomic E-state index is 5.22. The maximum atomic E-state index is 5.22. The van der Waals surface area contributed by atoms with Crippen LogP contribution in [-0.4, -0.2) is 13.1 Å². The lowest BCUT2D eigenvalue weighted by Gasteiger charge is -2.04. The number of benzene rings is 1. The van der Waals surface area contributed by atoms with Gasteiger partial charge in [0, 0.05) is 5.56 Å². The van der Waals surface area contributed by atoms with Crippen molar-refractivity contribution in [3.8, 4) is 5.75 Å². The van der Waals surface area contributed by atoms with Crippen LogP contribution in [0.25, 0.3) is 0 Å². The largest absolute Gasteiger partial charge is 0.496 e. The topological polar surface area (TPSA) is 73.6 Å². The van der Waals surface area contributed by atoms with E-state index in [1.54, 1.807) is 7.11 Å². The summed E-state index contributed by atoms with van der Waals surface area (Å²) in [5, 5.41) is 0. The molecule has 1 aromatic carbocycles. The van der Waals surface area contributed by atoms with Crippen molar-refractivity contribution in [2.75, 3.05) is 7.11 Å². The molecule has 0 unspecified atom stereocenters. The molecule has 0 fully saturated rings. The zero-order valence-electron chi connectivity index (χ0n) is 7.93. The summed E-state index contributed by atoms with van der Waals surface area (Å²) in [5.41, 5.74) is 11.4. The van der Waals surface area contributed by atoms with Crippen molar-refractivity contribution in [1.29, 1.82) is 0 Å². The van der Waals surface area contributed by atoms with Crippen molar-refractivity contribution in [2.45, 2.75) is 6.54 Å². The van der Waals surface area contributed by atoms with Gasteiger partial charge in [-0.2, -0.15) is 0 Å². The SMILES string of the molecule is COc1ccccc1CN=C(N)N.Cl. The third-order valence-electron chi connectivity index (χ3n) is 1.62. The van der Waals surface area contributed by atoms with E-state index in [-0.39, 0.29) is 18.4 Å². The van der Waals surface area contributed by atoms with E-state index < -0.39 is 0 Å². The van der Waals surface area contributed by atoms with Gasteiger partial charge in [-0.25, -0.2) is 4.99 Å². The molecule has 14 heavy (non-hydrogen) atoms. The second-order valence-corrected chi connectivity index (χ2v) is 2.55. The Labute approximate surface area is 89.4 Å². The second-order valence-electron chi connectivity index (χ2n) is 2.55. The molecule has 0 aliphatic heterocycles. The number of guanidine groups is 1. The Morgan fingerprint density at radius 1 is 1.36 bits per heavy atom. The molecule has 1 aromatic rings. The van der Waals surface area contributed by atoms with Gasteiger partial charge in [0.25, 0.3) is 0 Å². The number of nitrogens with zero attached hydrogens (tertiary/aromatic N) is 1. The van der Waals surface area contributed by atoms with Crippen LogP contribution in [0.2, 0.25) is 0 Å². The van der Waals surface area contributed by atoms with E-state index in [4.69, 9.17) is 16.2 Å². The van der Waals surface area contributed by atoms with Crippen LogP contribution in [0.4, 0.5) is 0 Å². The Bertz CT molecular complexity index is 311. The van der Waals surface area contributed by atoms with Crippen molar-refractivity contribution in [3.63, 3.8) is 0 Å². The van der Waals surface area contributed by atoms with Crippen LogP contribution in [0.5, 0.6) is 5.75 Å². The number of nitrogens with two attached hydrogens (primary N) is 2. The first-order valence-corrected chi connectivity index (χ1v) is 3.91. The molecule has 0 radical (unpaired) electrons. The van der Waals surface area contributed by atoms with Gasteiger partial charge in [0.05, 0.1) is 13.7 Å². The summed E-state index contributed by atoms with van der Waals surface area (Å²) < 4.78 is 5.13. The maximum Gasteiger partial charge on any atom is 0.186 e. The van der Waals surface area contributed by atoms with Gasteiger partial charge in [-0.05, 0) is 6.07 Å². The first-order chi connectivity index (χ1) is 6.24. The molecule has 78 valence electrons. The van der Waals surface area contributed by atoms with Crippen molar-refractivity contribution in [2.24, 2.45) is 16.5 Å². The molecule has 0 spiro atoms. The molecular formula is C9H14ClN3O. The van der Waals surface area contributed by atoms with Crippen molar-refractivity contribution >= 4 is 18.4 Å².